The Morgan fingerprint density at radius 2 is 1.83 bits per heavy atom. The maximum absolute atomic E-state index is 12.2. The lowest BCUT2D eigenvalue weighted by Gasteiger charge is -2.13. The van der Waals surface area contributed by atoms with E-state index in [1.54, 1.807) is 25.1 Å². The smallest absolute Gasteiger partial charge is 0.214 e. The van der Waals surface area contributed by atoms with Crippen LogP contribution in [0, 0.1) is 5.41 Å². The Labute approximate surface area is 106 Å². The first-order chi connectivity index (χ1) is 8.51. The van der Waals surface area contributed by atoms with E-state index in [-0.39, 0.29) is 23.7 Å². The third kappa shape index (κ3) is 3.07. The van der Waals surface area contributed by atoms with Crippen LogP contribution in [0.3, 0.4) is 0 Å². The highest BCUT2D eigenvalue weighted by molar-refractivity contribution is 6.46. The zero-order chi connectivity index (χ0) is 13.7. The van der Waals surface area contributed by atoms with E-state index in [0.29, 0.717) is 11.5 Å². The van der Waals surface area contributed by atoms with Crippen molar-refractivity contribution < 1.29 is 14.3 Å². The van der Waals surface area contributed by atoms with Crippen LogP contribution in [0.1, 0.15) is 23.7 Å². The molecule has 18 heavy (non-hydrogen) atoms. The molecule has 0 aliphatic carbocycles. The van der Waals surface area contributed by atoms with Gasteiger partial charge in [0, 0.05) is 12.5 Å². The highest BCUT2D eigenvalue weighted by Gasteiger charge is 2.22. The molecule has 5 nitrogen and oxygen atoms in total. The first-order valence-corrected chi connectivity index (χ1v) is 5.60. The third-order valence-corrected chi connectivity index (χ3v) is 2.46. The van der Waals surface area contributed by atoms with Crippen LogP contribution in [-0.2, 0) is 0 Å². The van der Waals surface area contributed by atoms with E-state index >= 15 is 0 Å². The normalized spacial score (nSPS) is 11.8. The van der Waals surface area contributed by atoms with Crippen molar-refractivity contribution in [3.8, 4) is 11.5 Å². The second-order valence-corrected chi connectivity index (χ2v) is 4.03. The summed E-state index contributed by atoms with van der Waals surface area (Å²) >= 11 is 0. The molecular weight excluding hydrogens is 232 g/mol. The minimum atomic E-state index is -0.415. The average molecular weight is 250 g/mol. The minimum Gasteiger partial charge on any atom is -0.496 e. The number of ether oxygens (including phenoxy) is 2. The fourth-order valence-corrected chi connectivity index (χ4v) is 1.64. The van der Waals surface area contributed by atoms with Crippen molar-refractivity contribution in [2.24, 2.45) is 5.73 Å². The predicted molar refractivity (Wildman–Crippen MR) is 69.9 cm³/mol. The van der Waals surface area contributed by atoms with Crippen LogP contribution < -0.4 is 15.2 Å². The van der Waals surface area contributed by atoms with Crippen LogP contribution in [0.5, 0.6) is 11.5 Å². The number of hydrogen-bond acceptors (Lipinski definition) is 5. The van der Waals surface area contributed by atoms with Crippen LogP contribution in [0.4, 0.5) is 0 Å². The highest BCUT2D eigenvalue weighted by atomic mass is 16.5. The van der Waals surface area contributed by atoms with Crippen LogP contribution in [0.2, 0.25) is 0 Å². The fourth-order valence-electron chi connectivity index (χ4n) is 1.64. The molecule has 0 saturated heterocycles. The summed E-state index contributed by atoms with van der Waals surface area (Å²) in [7, 11) is 2.95. The fraction of sp³-hybridized carbons (Fsp3) is 0.385. The molecule has 0 amide bonds. The lowest BCUT2D eigenvalue weighted by molar-refractivity contribution is 0.105. The van der Waals surface area contributed by atoms with Gasteiger partial charge in [-0.3, -0.25) is 4.79 Å². The number of benzene rings is 1. The number of Topliss-reactive ketones (excluding diaryl/α,β-unsaturated/α-hetero) is 1. The molecule has 3 N–H and O–H groups in total. The molecular formula is C13H18N2O3. The van der Waals surface area contributed by atoms with Gasteiger partial charge in [0.15, 0.2) is 0 Å². The van der Waals surface area contributed by atoms with Gasteiger partial charge in [-0.2, -0.15) is 0 Å². The van der Waals surface area contributed by atoms with Gasteiger partial charge in [0.1, 0.15) is 17.1 Å². The molecule has 0 saturated carbocycles. The maximum Gasteiger partial charge on any atom is 0.214 e. The van der Waals surface area contributed by atoms with Crippen molar-refractivity contribution in [3.63, 3.8) is 0 Å². The summed E-state index contributed by atoms with van der Waals surface area (Å²) in [6, 6.07) is 4.81. The summed E-state index contributed by atoms with van der Waals surface area (Å²) in [5.41, 5.74) is 5.82. The van der Waals surface area contributed by atoms with Gasteiger partial charge in [0.2, 0.25) is 5.78 Å². The van der Waals surface area contributed by atoms with Gasteiger partial charge in [0.25, 0.3) is 0 Å². The molecule has 0 aliphatic rings. The number of nitrogens with two attached hydrogens (primary N) is 1. The molecule has 0 aromatic heterocycles. The number of methoxy groups -OCH3 is 2. The summed E-state index contributed by atoms with van der Waals surface area (Å²) in [5, 5.41) is 7.77. The van der Waals surface area contributed by atoms with Gasteiger partial charge in [0.05, 0.1) is 19.9 Å². The number of carbonyl (C=O) groups is 1. The largest absolute Gasteiger partial charge is 0.496 e. The van der Waals surface area contributed by atoms with Gasteiger partial charge in [-0.1, -0.05) is 6.07 Å². The van der Waals surface area contributed by atoms with Crippen molar-refractivity contribution in [2.75, 3.05) is 14.2 Å². The zero-order valence-electron chi connectivity index (χ0n) is 10.8. The summed E-state index contributed by atoms with van der Waals surface area (Å²) in [4.78, 5) is 12.2. The van der Waals surface area contributed by atoms with Crippen LogP contribution >= 0.6 is 0 Å². The summed E-state index contributed by atoms with van der Waals surface area (Å²) in [5.74, 6) is 0.379. The Bertz CT molecular complexity index is 433. The van der Waals surface area contributed by atoms with Crippen molar-refractivity contribution in [3.05, 3.63) is 23.8 Å². The third-order valence-electron chi connectivity index (χ3n) is 2.46. The minimum absolute atomic E-state index is 0.0483. The summed E-state index contributed by atoms with van der Waals surface area (Å²) < 4.78 is 10.3. The summed E-state index contributed by atoms with van der Waals surface area (Å²) in [6.07, 6.45) is 0.222. The van der Waals surface area contributed by atoms with E-state index in [1.165, 1.54) is 14.2 Å². The van der Waals surface area contributed by atoms with Crippen molar-refractivity contribution >= 4 is 11.5 Å². The molecule has 1 rings (SSSR count). The van der Waals surface area contributed by atoms with E-state index in [4.69, 9.17) is 20.6 Å². The Morgan fingerprint density at radius 1 is 1.33 bits per heavy atom. The number of ketones is 1. The molecule has 0 heterocycles. The number of rotatable bonds is 6. The predicted octanol–water partition coefficient (Wildman–Crippen LogP) is 1.64. The van der Waals surface area contributed by atoms with Gasteiger partial charge in [-0.05, 0) is 19.1 Å². The lowest BCUT2D eigenvalue weighted by atomic mass is 10.0. The van der Waals surface area contributed by atoms with Gasteiger partial charge < -0.3 is 20.6 Å². The topological polar surface area (TPSA) is 85.4 Å². The van der Waals surface area contributed by atoms with Crippen molar-refractivity contribution in [1.82, 2.24) is 0 Å². The Hall–Kier alpha value is -1.88. The van der Waals surface area contributed by atoms with Crippen molar-refractivity contribution in [2.45, 2.75) is 19.4 Å². The monoisotopic (exact) mass is 250 g/mol. The molecule has 0 radical (unpaired) electrons. The molecule has 0 fully saturated rings. The van der Waals surface area contributed by atoms with Crippen molar-refractivity contribution in [1.29, 1.82) is 5.41 Å². The Balaban J connectivity index is 3.14. The SMILES string of the molecule is COc1cccc(OC)c1C(=O)C(=N)C[C@@H](C)N. The molecule has 1 aromatic rings. The second-order valence-electron chi connectivity index (χ2n) is 4.03. The number of hydrogen-bond donors (Lipinski definition) is 2. The van der Waals surface area contributed by atoms with Gasteiger partial charge in [-0.15, -0.1) is 0 Å². The standard InChI is InChI=1S/C13H18N2O3/c1-8(14)7-9(15)13(16)12-10(17-2)5-4-6-11(12)18-3/h4-6,8,15H,7,14H2,1-3H3/t8-/m1/s1. The van der Waals surface area contributed by atoms with Gasteiger partial charge in [-0.25, -0.2) is 0 Å². The van der Waals surface area contributed by atoms with Crippen LogP contribution in [0.15, 0.2) is 18.2 Å². The quantitative estimate of drug-likeness (QED) is 0.593. The molecule has 0 bridgehead atoms. The highest BCUT2D eigenvalue weighted by Crippen LogP contribution is 2.29. The van der Waals surface area contributed by atoms with E-state index in [2.05, 4.69) is 0 Å². The van der Waals surface area contributed by atoms with E-state index in [9.17, 15) is 4.79 Å². The Kier molecular flexibility index (Phi) is 4.85. The number of nitrogens with one attached hydrogen (secondary N) is 1. The molecule has 1 atom stereocenters. The lowest BCUT2D eigenvalue weighted by Crippen LogP contribution is -2.25. The molecule has 0 unspecified atom stereocenters. The molecule has 0 aliphatic heterocycles. The molecule has 1 aromatic carbocycles. The van der Waals surface area contributed by atoms with E-state index in [1.807, 2.05) is 0 Å². The molecule has 0 spiro atoms. The molecule has 5 heteroatoms. The Morgan fingerprint density at radius 3 is 2.22 bits per heavy atom. The maximum atomic E-state index is 12.2. The first kappa shape index (κ1) is 14.2. The molecule has 98 valence electrons. The van der Waals surface area contributed by atoms with E-state index in [0.717, 1.165) is 0 Å². The number of carbonyl (C=O) groups excluding carboxylic acids is 1. The van der Waals surface area contributed by atoms with Crippen LogP contribution in [0.25, 0.3) is 0 Å². The zero-order valence-corrected chi connectivity index (χ0v) is 10.8. The first-order valence-electron chi connectivity index (χ1n) is 5.60. The van der Waals surface area contributed by atoms with Crippen LogP contribution in [-0.4, -0.2) is 31.8 Å². The van der Waals surface area contributed by atoms with Gasteiger partial charge >= 0.3 is 0 Å². The average Bonchev–Trinajstić information content (AvgIpc) is 2.35. The second kappa shape index (κ2) is 6.16. The van der Waals surface area contributed by atoms with E-state index < -0.39 is 5.78 Å². The summed E-state index contributed by atoms with van der Waals surface area (Å²) in [6.45, 7) is 1.75.